The first-order valence-corrected chi connectivity index (χ1v) is 7.23. The molecule has 1 saturated carbocycles. The van der Waals surface area contributed by atoms with Crippen molar-refractivity contribution < 1.29 is 9.47 Å². The Kier molecular flexibility index (Phi) is 3.46. The molecule has 2 nitrogen and oxygen atoms in total. The highest BCUT2D eigenvalue weighted by Crippen LogP contribution is 2.41. The van der Waals surface area contributed by atoms with E-state index < -0.39 is 5.79 Å². The second kappa shape index (κ2) is 5.10. The van der Waals surface area contributed by atoms with E-state index in [4.69, 9.17) is 9.47 Å². The van der Waals surface area contributed by atoms with Crippen LogP contribution >= 0.6 is 0 Å². The maximum Gasteiger partial charge on any atom is 0.163 e. The molecule has 0 N–H and O–H groups in total. The predicted molar refractivity (Wildman–Crippen MR) is 76.6 cm³/mol. The molecule has 3 atom stereocenters. The number of rotatable bonds is 2. The van der Waals surface area contributed by atoms with Crippen molar-refractivity contribution in [2.24, 2.45) is 5.92 Å². The summed E-state index contributed by atoms with van der Waals surface area (Å²) in [6, 6.07) is 10.4. The summed E-state index contributed by atoms with van der Waals surface area (Å²) in [5.41, 5.74) is 1.23. The molecule has 19 heavy (non-hydrogen) atoms. The Morgan fingerprint density at radius 2 is 1.89 bits per heavy atom. The van der Waals surface area contributed by atoms with E-state index in [1.54, 1.807) is 0 Å². The summed E-state index contributed by atoms with van der Waals surface area (Å²) < 4.78 is 12.1. The molecule has 0 aromatic heterocycles. The van der Waals surface area contributed by atoms with Gasteiger partial charge in [0.2, 0.25) is 0 Å². The second-order valence-corrected chi connectivity index (χ2v) is 6.00. The van der Waals surface area contributed by atoms with Gasteiger partial charge in [-0.05, 0) is 32.3 Å². The van der Waals surface area contributed by atoms with Crippen LogP contribution in [0.3, 0.4) is 0 Å². The van der Waals surface area contributed by atoms with Gasteiger partial charge < -0.3 is 9.47 Å². The molecule has 1 aromatic carbocycles. The van der Waals surface area contributed by atoms with E-state index in [1.807, 2.05) is 19.9 Å². The summed E-state index contributed by atoms with van der Waals surface area (Å²) in [6.07, 6.45) is 8.57. The van der Waals surface area contributed by atoms with Crippen molar-refractivity contribution in [1.29, 1.82) is 0 Å². The van der Waals surface area contributed by atoms with Crippen LogP contribution in [0.5, 0.6) is 0 Å². The Labute approximate surface area is 115 Å². The standard InChI is InChI=1S/C17H22O2/c1-17(2)18-15-10-6-9-14(15)16(19-17)12-11-13-7-4-3-5-8-13/h3-5,7-8,11-12,14-16H,6,9-10H2,1-2H3/b12-11+/t14-,15-,16+/m1/s1. The highest BCUT2D eigenvalue weighted by Gasteiger charge is 2.44. The fraction of sp³-hybridized carbons (Fsp3) is 0.529. The van der Waals surface area contributed by atoms with Gasteiger partial charge in [-0.3, -0.25) is 0 Å². The van der Waals surface area contributed by atoms with Crippen molar-refractivity contribution in [2.45, 2.75) is 51.1 Å². The zero-order valence-corrected chi connectivity index (χ0v) is 11.7. The van der Waals surface area contributed by atoms with E-state index in [9.17, 15) is 0 Å². The van der Waals surface area contributed by atoms with E-state index in [1.165, 1.54) is 24.8 Å². The minimum absolute atomic E-state index is 0.177. The summed E-state index contributed by atoms with van der Waals surface area (Å²) in [7, 11) is 0. The maximum atomic E-state index is 6.10. The van der Waals surface area contributed by atoms with E-state index in [-0.39, 0.29) is 6.10 Å². The summed E-state index contributed by atoms with van der Waals surface area (Å²) in [6.45, 7) is 4.04. The molecular formula is C17H22O2. The molecule has 1 aliphatic carbocycles. The van der Waals surface area contributed by atoms with Gasteiger partial charge in [0.15, 0.2) is 5.79 Å². The molecule has 0 unspecified atom stereocenters. The predicted octanol–water partition coefficient (Wildman–Crippen LogP) is 4.02. The Hall–Kier alpha value is -1.12. The van der Waals surface area contributed by atoms with Crippen molar-refractivity contribution in [3.63, 3.8) is 0 Å². The van der Waals surface area contributed by atoms with Gasteiger partial charge in [0.25, 0.3) is 0 Å². The number of benzene rings is 1. The Balaban J connectivity index is 1.76. The molecule has 0 spiro atoms. The Morgan fingerprint density at radius 1 is 1.11 bits per heavy atom. The Bertz CT molecular complexity index is 450. The zero-order valence-electron chi connectivity index (χ0n) is 11.7. The summed E-state index contributed by atoms with van der Waals surface area (Å²) >= 11 is 0. The Morgan fingerprint density at radius 3 is 2.68 bits per heavy atom. The quantitative estimate of drug-likeness (QED) is 0.797. The lowest BCUT2D eigenvalue weighted by Crippen LogP contribution is -2.48. The lowest BCUT2D eigenvalue weighted by atomic mass is 9.95. The minimum Gasteiger partial charge on any atom is -0.347 e. The summed E-state index contributed by atoms with van der Waals surface area (Å²) in [5.74, 6) is 0.0602. The minimum atomic E-state index is -0.461. The van der Waals surface area contributed by atoms with E-state index in [2.05, 4.69) is 36.4 Å². The number of hydrogen-bond donors (Lipinski definition) is 0. The lowest BCUT2D eigenvalue weighted by molar-refractivity contribution is -0.305. The largest absolute Gasteiger partial charge is 0.347 e. The van der Waals surface area contributed by atoms with Gasteiger partial charge >= 0.3 is 0 Å². The van der Waals surface area contributed by atoms with Crippen molar-refractivity contribution in [3.05, 3.63) is 42.0 Å². The number of hydrogen-bond acceptors (Lipinski definition) is 2. The lowest BCUT2D eigenvalue weighted by Gasteiger charge is -2.42. The molecule has 1 aromatic rings. The third kappa shape index (κ3) is 2.90. The fourth-order valence-corrected chi connectivity index (χ4v) is 3.24. The van der Waals surface area contributed by atoms with Gasteiger partial charge in [0.05, 0.1) is 12.2 Å². The zero-order chi connectivity index (χ0) is 13.3. The normalized spacial score (nSPS) is 33.5. The molecule has 1 saturated heterocycles. The van der Waals surface area contributed by atoms with E-state index in [0.717, 1.165) is 0 Å². The van der Waals surface area contributed by atoms with Crippen molar-refractivity contribution in [3.8, 4) is 0 Å². The van der Waals surface area contributed by atoms with Crippen LogP contribution in [-0.4, -0.2) is 18.0 Å². The molecule has 102 valence electrons. The third-order valence-electron chi connectivity index (χ3n) is 4.06. The average Bonchev–Trinajstić information content (AvgIpc) is 2.83. The average molecular weight is 258 g/mol. The highest BCUT2D eigenvalue weighted by molar-refractivity contribution is 5.49. The summed E-state index contributed by atoms with van der Waals surface area (Å²) in [5, 5.41) is 0. The van der Waals surface area contributed by atoms with Crippen molar-refractivity contribution >= 4 is 6.08 Å². The molecule has 3 rings (SSSR count). The molecule has 0 amide bonds. The monoisotopic (exact) mass is 258 g/mol. The molecule has 2 heteroatoms. The van der Waals surface area contributed by atoms with Crippen LogP contribution in [0.2, 0.25) is 0 Å². The van der Waals surface area contributed by atoms with Gasteiger partial charge in [-0.25, -0.2) is 0 Å². The van der Waals surface area contributed by atoms with Crippen LogP contribution in [0.1, 0.15) is 38.7 Å². The topological polar surface area (TPSA) is 18.5 Å². The first-order chi connectivity index (χ1) is 9.14. The van der Waals surface area contributed by atoms with Crippen LogP contribution in [0.15, 0.2) is 36.4 Å². The third-order valence-corrected chi connectivity index (χ3v) is 4.06. The van der Waals surface area contributed by atoms with Gasteiger partial charge in [-0.15, -0.1) is 0 Å². The van der Waals surface area contributed by atoms with Crippen LogP contribution in [-0.2, 0) is 9.47 Å². The van der Waals surface area contributed by atoms with Crippen molar-refractivity contribution in [1.82, 2.24) is 0 Å². The number of fused-ring (bicyclic) bond motifs is 1. The SMILES string of the molecule is CC1(C)O[C@@H](/C=C/c2ccccc2)[C@@H]2CCC[C@H]2O1. The fourth-order valence-electron chi connectivity index (χ4n) is 3.24. The van der Waals surface area contributed by atoms with Gasteiger partial charge in [-0.2, -0.15) is 0 Å². The smallest absolute Gasteiger partial charge is 0.163 e. The van der Waals surface area contributed by atoms with E-state index in [0.29, 0.717) is 12.0 Å². The van der Waals surface area contributed by atoms with Crippen LogP contribution in [0, 0.1) is 5.92 Å². The van der Waals surface area contributed by atoms with E-state index >= 15 is 0 Å². The molecule has 1 heterocycles. The second-order valence-electron chi connectivity index (χ2n) is 6.00. The highest BCUT2D eigenvalue weighted by atomic mass is 16.7. The molecule has 0 bridgehead atoms. The van der Waals surface area contributed by atoms with Crippen molar-refractivity contribution in [2.75, 3.05) is 0 Å². The molecular weight excluding hydrogens is 236 g/mol. The van der Waals surface area contributed by atoms with Crippen LogP contribution < -0.4 is 0 Å². The first kappa shape index (κ1) is 12.9. The summed E-state index contributed by atoms with van der Waals surface area (Å²) in [4.78, 5) is 0. The number of ether oxygens (including phenoxy) is 2. The van der Waals surface area contributed by atoms with Gasteiger partial charge in [0.1, 0.15) is 0 Å². The molecule has 2 aliphatic rings. The van der Waals surface area contributed by atoms with Crippen LogP contribution in [0.25, 0.3) is 6.08 Å². The van der Waals surface area contributed by atoms with Gasteiger partial charge in [0, 0.05) is 5.92 Å². The van der Waals surface area contributed by atoms with Gasteiger partial charge in [-0.1, -0.05) is 48.9 Å². The van der Waals surface area contributed by atoms with Crippen LogP contribution in [0.4, 0.5) is 0 Å². The maximum absolute atomic E-state index is 6.10. The first-order valence-electron chi connectivity index (χ1n) is 7.23. The molecule has 1 aliphatic heterocycles. The molecule has 0 radical (unpaired) electrons. The molecule has 2 fully saturated rings.